The van der Waals surface area contributed by atoms with Gasteiger partial charge >= 0.3 is 0 Å². The van der Waals surface area contributed by atoms with Gasteiger partial charge in [0.15, 0.2) is 0 Å². The van der Waals surface area contributed by atoms with Gasteiger partial charge in [0, 0.05) is 0 Å². The van der Waals surface area contributed by atoms with E-state index in [1.54, 1.807) is 12.1 Å². The zero-order valence-corrected chi connectivity index (χ0v) is 8.55. The van der Waals surface area contributed by atoms with Crippen LogP contribution in [0.2, 0.25) is 0 Å². The first-order chi connectivity index (χ1) is 7.36. The number of aliphatic imine (C=N–C) groups is 1. The summed E-state index contributed by atoms with van der Waals surface area (Å²) in [7, 11) is 0. The quantitative estimate of drug-likeness (QED) is 0.336. The lowest BCUT2D eigenvalue weighted by Gasteiger charge is -2.02. The normalized spacial score (nSPS) is 11.1. The third kappa shape index (κ3) is 4.28. The van der Waals surface area contributed by atoms with Crippen LogP contribution in [0.25, 0.3) is 0 Å². The summed E-state index contributed by atoms with van der Waals surface area (Å²) < 4.78 is 5.40. The number of hydroxylamine groups is 1. The Morgan fingerprint density at radius 3 is 2.73 bits per heavy atom. The summed E-state index contributed by atoms with van der Waals surface area (Å²) in [6, 6.07) is 7.26. The van der Waals surface area contributed by atoms with Crippen LogP contribution in [0.15, 0.2) is 41.4 Å². The molecule has 0 heterocycles. The highest BCUT2D eigenvalue weighted by molar-refractivity contribution is 5.59. The molecule has 0 aliphatic heterocycles. The Labute approximate surface area is 88.9 Å². The molecule has 0 unspecified atom stereocenters. The van der Waals surface area contributed by atoms with E-state index in [0.29, 0.717) is 6.61 Å². The van der Waals surface area contributed by atoms with Crippen LogP contribution in [0, 0.1) is 0 Å². The molecular formula is C11H14N2O2. The van der Waals surface area contributed by atoms with Gasteiger partial charge in [-0.1, -0.05) is 12.2 Å². The topological polar surface area (TPSA) is 53.8 Å². The number of nitrogens with one attached hydrogen (secondary N) is 1. The van der Waals surface area contributed by atoms with Gasteiger partial charge in [-0.25, -0.2) is 4.99 Å². The van der Waals surface area contributed by atoms with Crippen molar-refractivity contribution < 1.29 is 9.94 Å². The summed E-state index contributed by atoms with van der Waals surface area (Å²) in [6.07, 6.45) is 5.07. The molecule has 0 spiro atoms. The van der Waals surface area contributed by atoms with Crippen molar-refractivity contribution in [2.75, 3.05) is 6.61 Å². The maximum atomic E-state index is 8.29. The van der Waals surface area contributed by atoms with Crippen LogP contribution in [0.1, 0.15) is 6.92 Å². The van der Waals surface area contributed by atoms with E-state index in [9.17, 15) is 0 Å². The van der Waals surface area contributed by atoms with Crippen LogP contribution < -0.4 is 10.2 Å². The molecule has 0 aliphatic carbocycles. The third-order valence-electron chi connectivity index (χ3n) is 1.69. The molecule has 4 nitrogen and oxygen atoms in total. The van der Waals surface area contributed by atoms with Crippen molar-refractivity contribution in [1.82, 2.24) is 5.48 Å². The molecule has 15 heavy (non-hydrogen) atoms. The van der Waals surface area contributed by atoms with Crippen molar-refractivity contribution >= 4 is 12.0 Å². The van der Waals surface area contributed by atoms with E-state index in [-0.39, 0.29) is 0 Å². The average molecular weight is 206 g/mol. The molecule has 0 amide bonds. The van der Waals surface area contributed by atoms with Gasteiger partial charge in [0.05, 0.1) is 5.69 Å². The Morgan fingerprint density at radius 1 is 1.40 bits per heavy atom. The predicted octanol–water partition coefficient (Wildman–Crippen LogP) is 2.28. The number of ether oxygens (including phenoxy) is 1. The molecule has 0 bridgehead atoms. The van der Waals surface area contributed by atoms with Gasteiger partial charge in [-0.3, -0.25) is 10.7 Å². The minimum Gasteiger partial charge on any atom is -0.490 e. The van der Waals surface area contributed by atoms with E-state index in [0.717, 1.165) is 11.4 Å². The number of rotatable bonds is 5. The van der Waals surface area contributed by atoms with E-state index < -0.39 is 0 Å². The molecule has 0 aromatic heterocycles. The SMILES string of the molecule is C/C=C/COc1ccc(N=CNO)cc1. The fourth-order valence-electron chi connectivity index (χ4n) is 0.972. The van der Waals surface area contributed by atoms with Crippen molar-refractivity contribution in [1.29, 1.82) is 0 Å². The third-order valence-corrected chi connectivity index (χ3v) is 1.69. The van der Waals surface area contributed by atoms with Crippen LogP contribution in [0.4, 0.5) is 5.69 Å². The first kappa shape index (κ1) is 11.3. The first-order valence-electron chi connectivity index (χ1n) is 4.63. The van der Waals surface area contributed by atoms with Crippen LogP contribution >= 0.6 is 0 Å². The number of hydrogen-bond acceptors (Lipinski definition) is 3. The highest BCUT2D eigenvalue weighted by Gasteiger charge is 1.91. The lowest BCUT2D eigenvalue weighted by molar-refractivity contribution is 0.240. The van der Waals surface area contributed by atoms with Gasteiger partial charge < -0.3 is 4.74 Å². The Bertz CT molecular complexity index is 331. The maximum absolute atomic E-state index is 8.29. The van der Waals surface area contributed by atoms with Gasteiger partial charge in [-0.15, -0.1) is 0 Å². The lowest BCUT2D eigenvalue weighted by Crippen LogP contribution is -2.00. The second-order valence-electron chi connectivity index (χ2n) is 2.76. The van der Waals surface area contributed by atoms with Crippen molar-refractivity contribution in [3.63, 3.8) is 0 Å². The van der Waals surface area contributed by atoms with Crippen LogP contribution in [-0.4, -0.2) is 18.2 Å². The Hall–Kier alpha value is -1.81. The maximum Gasteiger partial charge on any atom is 0.119 e. The summed E-state index contributed by atoms with van der Waals surface area (Å²) in [5.74, 6) is 0.795. The van der Waals surface area contributed by atoms with Crippen LogP contribution in [-0.2, 0) is 0 Å². The second kappa shape index (κ2) is 6.62. The Kier molecular flexibility index (Phi) is 4.97. The van der Waals surface area contributed by atoms with E-state index in [4.69, 9.17) is 9.94 Å². The van der Waals surface area contributed by atoms with Crippen LogP contribution in [0.5, 0.6) is 5.75 Å². The minimum absolute atomic E-state index is 0.567. The Morgan fingerprint density at radius 2 is 2.13 bits per heavy atom. The van der Waals surface area contributed by atoms with Gasteiger partial charge in [0.25, 0.3) is 0 Å². The van der Waals surface area contributed by atoms with Crippen molar-refractivity contribution in [3.05, 3.63) is 36.4 Å². The fourth-order valence-corrected chi connectivity index (χ4v) is 0.972. The molecule has 0 aliphatic rings. The minimum atomic E-state index is 0.567. The monoisotopic (exact) mass is 206 g/mol. The highest BCUT2D eigenvalue weighted by atomic mass is 16.5. The molecule has 0 radical (unpaired) electrons. The van der Waals surface area contributed by atoms with Gasteiger partial charge in [-0.2, -0.15) is 0 Å². The fraction of sp³-hybridized carbons (Fsp3) is 0.182. The van der Waals surface area contributed by atoms with E-state index >= 15 is 0 Å². The molecule has 0 atom stereocenters. The summed E-state index contributed by atoms with van der Waals surface area (Å²) >= 11 is 0. The number of nitrogens with zero attached hydrogens (tertiary/aromatic N) is 1. The van der Waals surface area contributed by atoms with Crippen molar-refractivity contribution in [3.8, 4) is 5.75 Å². The van der Waals surface area contributed by atoms with Gasteiger partial charge in [-0.05, 0) is 31.2 Å². The number of allylic oxidation sites excluding steroid dienone is 1. The predicted molar refractivity (Wildman–Crippen MR) is 59.8 cm³/mol. The highest BCUT2D eigenvalue weighted by Crippen LogP contribution is 2.17. The molecule has 1 rings (SSSR count). The zero-order valence-electron chi connectivity index (χ0n) is 8.55. The van der Waals surface area contributed by atoms with Crippen molar-refractivity contribution in [2.24, 2.45) is 4.99 Å². The van der Waals surface area contributed by atoms with Gasteiger partial charge in [0.2, 0.25) is 0 Å². The summed E-state index contributed by atoms with van der Waals surface area (Å²) in [4.78, 5) is 3.91. The van der Waals surface area contributed by atoms with Crippen molar-refractivity contribution in [2.45, 2.75) is 6.92 Å². The van der Waals surface area contributed by atoms with E-state index in [1.807, 2.05) is 36.7 Å². The molecule has 2 N–H and O–H groups in total. The molecule has 0 saturated heterocycles. The zero-order chi connectivity index (χ0) is 10.9. The lowest BCUT2D eigenvalue weighted by atomic mass is 10.3. The number of hydrogen-bond donors (Lipinski definition) is 2. The number of benzene rings is 1. The van der Waals surface area contributed by atoms with E-state index in [1.165, 1.54) is 6.34 Å². The smallest absolute Gasteiger partial charge is 0.119 e. The molecule has 1 aromatic rings. The summed E-state index contributed by atoms with van der Waals surface area (Å²) in [6.45, 7) is 2.51. The molecule has 80 valence electrons. The van der Waals surface area contributed by atoms with Crippen LogP contribution in [0.3, 0.4) is 0 Å². The van der Waals surface area contributed by atoms with E-state index in [2.05, 4.69) is 4.99 Å². The standard InChI is InChI=1S/C11H14N2O2/c1-2-3-8-15-11-6-4-10(5-7-11)12-9-13-14/h2-7,9,14H,8H2,1H3,(H,12,13)/b3-2+. The molecule has 1 aromatic carbocycles. The molecular weight excluding hydrogens is 192 g/mol. The molecule has 0 saturated carbocycles. The summed E-state index contributed by atoms with van der Waals surface area (Å²) in [5.41, 5.74) is 2.59. The first-order valence-corrected chi connectivity index (χ1v) is 4.63. The second-order valence-corrected chi connectivity index (χ2v) is 2.76. The molecule has 4 heteroatoms. The summed E-state index contributed by atoms with van der Waals surface area (Å²) in [5, 5.41) is 8.29. The molecule has 0 fully saturated rings. The average Bonchev–Trinajstić information content (AvgIpc) is 2.28. The van der Waals surface area contributed by atoms with Gasteiger partial charge in [0.1, 0.15) is 18.7 Å². The largest absolute Gasteiger partial charge is 0.490 e. The Balaban J connectivity index is 2.52.